The van der Waals surface area contributed by atoms with Gasteiger partial charge in [-0.3, -0.25) is 4.98 Å². The van der Waals surface area contributed by atoms with Crippen LogP contribution in [0.1, 0.15) is 36.0 Å². The molecular weight excluding hydrogens is 336 g/mol. The van der Waals surface area contributed by atoms with Crippen molar-refractivity contribution in [3.8, 4) is 0 Å². The fourth-order valence-electron chi connectivity index (χ4n) is 4.06. The number of aryl methyl sites for hydroxylation is 1. The van der Waals surface area contributed by atoms with Crippen molar-refractivity contribution in [2.24, 2.45) is 0 Å². The van der Waals surface area contributed by atoms with E-state index < -0.39 is 0 Å². The van der Waals surface area contributed by atoms with E-state index in [1.54, 1.807) is 0 Å². The Kier molecular flexibility index (Phi) is 4.08. The molecular formula is C21H22N6. The summed E-state index contributed by atoms with van der Waals surface area (Å²) in [6.45, 7) is 0.827. The molecule has 5 rings (SSSR count). The average Bonchev–Trinajstić information content (AvgIpc) is 3.38. The van der Waals surface area contributed by atoms with Crippen LogP contribution in [-0.4, -0.2) is 31.5 Å². The standard InChI is InChI=1S/C21H22N6/c1-2-8-17-16(7-1)25-19(26-17)10-14-27(21-23-12-13-24-21)18-9-3-5-15-6-4-11-22-20(15)18/h1-2,4,6-8,11-13,18H,3,5,9-10,14H2,(H,23,24)(H,25,26). The maximum absolute atomic E-state index is 4.73. The maximum Gasteiger partial charge on any atom is 0.203 e. The molecule has 0 saturated carbocycles. The van der Waals surface area contributed by atoms with Gasteiger partial charge >= 0.3 is 0 Å². The number of fused-ring (bicyclic) bond motifs is 2. The number of H-pyrrole nitrogens is 2. The average molecular weight is 358 g/mol. The Hall–Kier alpha value is -3.15. The zero-order valence-electron chi connectivity index (χ0n) is 15.1. The number of aromatic amines is 2. The first-order valence-electron chi connectivity index (χ1n) is 9.52. The highest BCUT2D eigenvalue weighted by Crippen LogP contribution is 2.34. The van der Waals surface area contributed by atoms with Crippen LogP contribution in [-0.2, 0) is 12.8 Å². The Balaban J connectivity index is 1.44. The minimum absolute atomic E-state index is 0.241. The number of nitrogens with one attached hydrogen (secondary N) is 2. The molecule has 0 aliphatic heterocycles. The van der Waals surface area contributed by atoms with Gasteiger partial charge in [-0.15, -0.1) is 0 Å². The first-order chi connectivity index (χ1) is 13.4. The fraction of sp³-hybridized carbons (Fsp3) is 0.286. The van der Waals surface area contributed by atoms with E-state index in [4.69, 9.17) is 9.97 Å². The van der Waals surface area contributed by atoms with Gasteiger partial charge in [0.2, 0.25) is 5.95 Å². The summed E-state index contributed by atoms with van der Waals surface area (Å²) < 4.78 is 0. The quantitative estimate of drug-likeness (QED) is 0.569. The molecule has 4 aromatic rings. The number of rotatable bonds is 5. The van der Waals surface area contributed by atoms with Crippen LogP contribution in [0.3, 0.4) is 0 Å². The number of anilines is 1. The van der Waals surface area contributed by atoms with Crippen molar-refractivity contribution in [3.05, 3.63) is 72.1 Å². The minimum atomic E-state index is 0.241. The number of hydrogen-bond acceptors (Lipinski definition) is 4. The summed E-state index contributed by atoms with van der Waals surface area (Å²) in [6.07, 6.45) is 9.79. The van der Waals surface area contributed by atoms with Gasteiger partial charge in [-0.2, -0.15) is 0 Å². The molecule has 1 aromatic carbocycles. The van der Waals surface area contributed by atoms with Gasteiger partial charge in [-0.1, -0.05) is 18.2 Å². The lowest BCUT2D eigenvalue weighted by Gasteiger charge is -2.34. The minimum Gasteiger partial charge on any atom is -0.342 e. The first-order valence-corrected chi connectivity index (χ1v) is 9.52. The van der Waals surface area contributed by atoms with Crippen LogP contribution < -0.4 is 4.90 Å². The van der Waals surface area contributed by atoms with Gasteiger partial charge < -0.3 is 14.9 Å². The summed E-state index contributed by atoms with van der Waals surface area (Å²) in [6, 6.07) is 12.6. The Morgan fingerprint density at radius 1 is 1.07 bits per heavy atom. The lowest BCUT2D eigenvalue weighted by molar-refractivity contribution is 0.499. The second-order valence-corrected chi connectivity index (χ2v) is 7.01. The molecule has 1 aliphatic rings. The molecule has 0 saturated heterocycles. The third-order valence-electron chi connectivity index (χ3n) is 5.33. The SMILES string of the molecule is c1cnc2c(c1)CCCC2N(CCc1nc2ccccc2[nH]1)c1ncc[nH]1. The molecule has 0 fully saturated rings. The predicted octanol–water partition coefficient (Wildman–Crippen LogP) is 3.81. The van der Waals surface area contributed by atoms with E-state index >= 15 is 0 Å². The second-order valence-electron chi connectivity index (χ2n) is 7.01. The molecule has 6 heteroatoms. The highest BCUT2D eigenvalue weighted by atomic mass is 15.3. The predicted molar refractivity (Wildman–Crippen MR) is 106 cm³/mol. The van der Waals surface area contributed by atoms with Gasteiger partial charge in [0, 0.05) is 31.6 Å². The molecule has 27 heavy (non-hydrogen) atoms. The van der Waals surface area contributed by atoms with Crippen LogP contribution >= 0.6 is 0 Å². The Morgan fingerprint density at radius 3 is 2.93 bits per heavy atom. The summed E-state index contributed by atoms with van der Waals surface area (Å²) in [5, 5.41) is 0. The van der Waals surface area contributed by atoms with Crippen molar-refractivity contribution in [3.63, 3.8) is 0 Å². The number of hydrogen-bond donors (Lipinski definition) is 2. The van der Waals surface area contributed by atoms with Crippen LogP contribution in [0.4, 0.5) is 5.95 Å². The van der Waals surface area contributed by atoms with Gasteiger partial charge in [0.15, 0.2) is 0 Å². The van der Waals surface area contributed by atoms with Gasteiger partial charge in [0.25, 0.3) is 0 Å². The summed E-state index contributed by atoms with van der Waals surface area (Å²) in [4.78, 5) is 23.0. The van der Waals surface area contributed by atoms with Crippen molar-refractivity contribution in [1.82, 2.24) is 24.9 Å². The molecule has 6 nitrogen and oxygen atoms in total. The molecule has 2 N–H and O–H groups in total. The molecule has 1 atom stereocenters. The topological polar surface area (TPSA) is 73.5 Å². The Labute approximate surface area is 157 Å². The number of nitrogens with zero attached hydrogens (tertiary/aromatic N) is 4. The first kappa shape index (κ1) is 16.1. The monoisotopic (exact) mass is 358 g/mol. The van der Waals surface area contributed by atoms with E-state index in [9.17, 15) is 0 Å². The van der Waals surface area contributed by atoms with Crippen molar-refractivity contribution >= 4 is 17.0 Å². The largest absolute Gasteiger partial charge is 0.342 e. The number of benzene rings is 1. The second kappa shape index (κ2) is 6.87. The number of pyridine rings is 1. The summed E-state index contributed by atoms with van der Waals surface area (Å²) in [5.41, 5.74) is 4.64. The third-order valence-corrected chi connectivity index (χ3v) is 5.33. The van der Waals surface area contributed by atoms with E-state index in [0.29, 0.717) is 0 Å². The molecule has 3 aromatic heterocycles. The highest BCUT2D eigenvalue weighted by Gasteiger charge is 2.28. The van der Waals surface area contributed by atoms with Crippen molar-refractivity contribution < 1.29 is 0 Å². The molecule has 0 amide bonds. The van der Waals surface area contributed by atoms with E-state index in [2.05, 4.69) is 32.0 Å². The van der Waals surface area contributed by atoms with Crippen LogP contribution in [0.15, 0.2) is 55.0 Å². The van der Waals surface area contributed by atoms with Gasteiger partial charge in [0.05, 0.1) is 22.8 Å². The molecule has 136 valence electrons. The number of para-hydroxylation sites is 2. The van der Waals surface area contributed by atoms with Crippen molar-refractivity contribution in [1.29, 1.82) is 0 Å². The molecule has 1 unspecified atom stereocenters. The fourth-order valence-corrected chi connectivity index (χ4v) is 4.06. The van der Waals surface area contributed by atoms with Crippen molar-refractivity contribution in [2.45, 2.75) is 31.7 Å². The summed E-state index contributed by atoms with van der Waals surface area (Å²) in [5.74, 6) is 1.90. The normalized spacial score (nSPS) is 16.4. The van der Waals surface area contributed by atoms with E-state index in [0.717, 1.165) is 48.6 Å². The van der Waals surface area contributed by atoms with Gasteiger partial charge in [0.1, 0.15) is 5.82 Å². The Bertz CT molecular complexity index is 1000. The van der Waals surface area contributed by atoms with Crippen LogP contribution in [0.2, 0.25) is 0 Å². The van der Waals surface area contributed by atoms with Crippen LogP contribution in [0.25, 0.3) is 11.0 Å². The third kappa shape index (κ3) is 3.07. The van der Waals surface area contributed by atoms with Crippen molar-refractivity contribution in [2.75, 3.05) is 11.4 Å². The highest BCUT2D eigenvalue weighted by molar-refractivity contribution is 5.74. The van der Waals surface area contributed by atoms with E-state index in [1.807, 2.05) is 42.9 Å². The summed E-state index contributed by atoms with van der Waals surface area (Å²) >= 11 is 0. The van der Waals surface area contributed by atoms with E-state index in [-0.39, 0.29) is 6.04 Å². The maximum atomic E-state index is 4.73. The number of imidazole rings is 2. The van der Waals surface area contributed by atoms with Gasteiger partial charge in [-0.05, 0) is 43.0 Å². The van der Waals surface area contributed by atoms with Crippen LogP contribution in [0.5, 0.6) is 0 Å². The van der Waals surface area contributed by atoms with Crippen LogP contribution in [0, 0.1) is 0 Å². The lowest BCUT2D eigenvalue weighted by atomic mass is 9.91. The smallest absolute Gasteiger partial charge is 0.203 e. The Morgan fingerprint density at radius 2 is 2.04 bits per heavy atom. The summed E-state index contributed by atoms with van der Waals surface area (Å²) in [7, 11) is 0. The molecule has 0 spiro atoms. The zero-order valence-corrected chi connectivity index (χ0v) is 15.1. The lowest BCUT2D eigenvalue weighted by Crippen LogP contribution is -2.34. The molecule has 3 heterocycles. The van der Waals surface area contributed by atoms with E-state index in [1.165, 1.54) is 17.7 Å². The molecule has 0 radical (unpaired) electrons. The molecule has 0 bridgehead atoms. The molecule has 1 aliphatic carbocycles. The zero-order chi connectivity index (χ0) is 18.1. The number of aromatic nitrogens is 5. The van der Waals surface area contributed by atoms with Gasteiger partial charge in [-0.25, -0.2) is 9.97 Å².